The van der Waals surface area contributed by atoms with Crippen molar-refractivity contribution >= 4 is 0 Å². The highest BCUT2D eigenvalue weighted by Gasteiger charge is 2.24. The zero-order chi connectivity index (χ0) is 12.3. The summed E-state index contributed by atoms with van der Waals surface area (Å²) in [5.41, 5.74) is 6.38. The highest BCUT2D eigenvalue weighted by atomic mass is 19.1. The second kappa shape index (κ2) is 5.58. The van der Waals surface area contributed by atoms with E-state index in [1.807, 2.05) is 0 Å². The maximum atomic E-state index is 13.6. The molecule has 94 valence electrons. The van der Waals surface area contributed by atoms with Gasteiger partial charge in [-0.15, -0.1) is 0 Å². The first kappa shape index (κ1) is 12.5. The molecule has 1 aromatic rings. The van der Waals surface area contributed by atoms with Gasteiger partial charge < -0.3 is 5.73 Å². The quantitative estimate of drug-likeness (QED) is 0.857. The zero-order valence-electron chi connectivity index (χ0n) is 9.96. The number of hydrogen-bond acceptors (Lipinski definition) is 1. The van der Waals surface area contributed by atoms with Crippen LogP contribution in [-0.2, 0) is 6.42 Å². The maximum absolute atomic E-state index is 13.6. The molecule has 0 saturated heterocycles. The van der Waals surface area contributed by atoms with E-state index in [-0.39, 0.29) is 0 Å². The van der Waals surface area contributed by atoms with Crippen LogP contribution in [0.2, 0.25) is 0 Å². The second-order valence-electron chi connectivity index (χ2n) is 4.98. The molecule has 0 heterocycles. The van der Waals surface area contributed by atoms with Crippen molar-refractivity contribution in [3.63, 3.8) is 0 Å². The number of rotatable bonds is 4. The van der Waals surface area contributed by atoms with Crippen molar-refractivity contribution in [3.8, 4) is 0 Å². The summed E-state index contributed by atoms with van der Waals surface area (Å²) < 4.78 is 26.4. The summed E-state index contributed by atoms with van der Waals surface area (Å²) in [5.74, 6) is -0.0141. The Balaban J connectivity index is 2.06. The molecule has 0 spiro atoms. The van der Waals surface area contributed by atoms with Crippen molar-refractivity contribution in [1.82, 2.24) is 0 Å². The molecule has 0 aliphatic heterocycles. The number of halogens is 2. The first-order valence-corrected chi connectivity index (χ1v) is 6.34. The first-order chi connectivity index (χ1) is 8.20. The standard InChI is InChI=1S/C14H19F2N/c15-13-6-5-11(14(16)8-13)7-12(9-17)10-3-1-2-4-10/h5-6,8,10,12H,1-4,7,9,17H2. The number of nitrogens with two attached hydrogens (primary N) is 1. The molecule has 0 radical (unpaired) electrons. The Labute approximate surface area is 101 Å². The predicted octanol–water partition coefficient (Wildman–Crippen LogP) is 3.27. The minimum Gasteiger partial charge on any atom is -0.330 e. The Bertz CT molecular complexity index is 372. The van der Waals surface area contributed by atoms with E-state index in [1.165, 1.54) is 31.7 Å². The van der Waals surface area contributed by atoms with Gasteiger partial charge in [-0.3, -0.25) is 0 Å². The van der Waals surface area contributed by atoms with E-state index in [2.05, 4.69) is 0 Å². The Morgan fingerprint density at radius 1 is 1.24 bits per heavy atom. The predicted molar refractivity (Wildman–Crippen MR) is 64.6 cm³/mol. The van der Waals surface area contributed by atoms with Crippen LogP contribution in [0, 0.1) is 23.5 Å². The van der Waals surface area contributed by atoms with Gasteiger partial charge in [0.05, 0.1) is 0 Å². The summed E-state index contributed by atoms with van der Waals surface area (Å²) in [6, 6.07) is 3.82. The van der Waals surface area contributed by atoms with Crippen molar-refractivity contribution in [2.24, 2.45) is 17.6 Å². The van der Waals surface area contributed by atoms with Crippen LogP contribution in [0.5, 0.6) is 0 Å². The second-order valence-corrected chi connectivity index (χ2v) is 4.98. The summed E-state index contributed by atoms with van der Waals surface area (Å²) in [5, 5.41) is 0. The third-order valence-corrected chi connectivity index (χ3v) is 3.87. The largest absolute Gasteiger partial charge is 0.330 e. The summed E-state index contributed by atoms with van der Waals surface area (Å²) in [6.45, 7) is 0.585. The lowest BCUT2D eigenvalue weighted by Crippen LogP contribution is -2.24. The van der Waals surface area contributed by atoms with E-state index in [0.717, 1.165) is 6.07 Å². The average Bonchev–Trinajstić information content (AvgIpc) is 2.81. The van der Waals surface area contributed by atoms with Gasteiger partial charge in [0.2, 0.25) is 0 Å². The molecule has 2 rings (SSSR count). The third-order valence-electron chi connectivity index (χ3n) is 3.87. The van der Waals surface area contributed by atoms with E-state index in [1.54, 1.807) is 6.07 Å². The molecule has 3 heteroatoms. The molecule has 1 nitrogen and oxygen atoms in total. The fourth-order valence-electron chi connectivity index (χ4n) is 2.84. The maximum Gasteiger partial charge on any atom is 0.129 e. The summed E-state index contributed by atoms with van der Waals surface area (Å²) in [4.78, 5) is 0. The molecule has 2 N–H and O–H groups in total. The lowest BCUT2D eigenvalue weighted by Gasteiger charge is -2.22. The van der Waals surface area contributed by atoms with Crippen molar-refractivity contribution in [3.05, 3.63) is 35.4 Å². The Kier molecular flexibility index (Phi) is 4.11. The van der Waals surface area contributed by atoms with Crippen LogP contribution in [0.15, 0.2) is 18.2 Å². The van der Waals surface area contributed by atoms with Gasteiger partial charge in [0.15, 0.2) is 0 Å². The minimum absolute atomic E-state index is 0.331. The van der Waals surface area contributed by atoms with Crippen molar-refractivity contribution < 1.29 is 8.78 Å². The van der Waals surface area contributed by atoms with Crippen LogP contribution < -0.4 is 5.73 Å². The highest BCUT2D eigenvalue weighted by molar-refractivity contribution is 5.19. The van der Waals surface area contributed by atoms with Crippen molar-refractivity contribution in [2.75, 3.05) is 6.54 Å². The lowest BCUT2D eigenvalue weighted by molar-refractivity contribution is 0.341. The zero-order valence-corrected chi connectivity index (χ0v) is 9.96. The van der Waals surface area contributed by atoms with Gasteiger partial charge in [-0.05, 0) is 36.4 Å². The van der Waals surface area contributed by atoms with Gasteiger partial charge in [0, 0.05) is 6.07 Å². The normalized spacial score (nSPS) is 18.5. The Morgan fingerprint density at radius 2 is 1.94 bits per heavy atom. The van der Waals surface area contributed by atoms with Gasteiger partial charge >= 0.3 is 0 Å². The molecule has 1 aliphatic carbocycles. The van der Waals surface area contributed by atoms with Gasteiger partial charge in [0.25, 0.3) is 0 Å². The minimum atomic E-state index is -0.517. The van der Waals surface area contributed by atoms with Crippen LogP contribution in [0.25, 0.3) is 0 Å². The van der Waals surface area contributed by atoms with Crippen LogP contribution in [0.3, 0.4) is 0 Å². The van der Waals surface area contributed by atoms with Crippen LogP contribution in [0.1, 0.15) is 31.2 Å². The van der Waals surface area contributed by atoms with E-state index in [4.69, 9.17) is 5.73 Å². The number of hydrogen-bond donors (Lipinski definition) is 1. The van der Waals surface area contributed by atoms with E-state index >= 15 is 0 Å². The SMILES string of the molecule is NCC(Cc1ccc(F)cc1F)C1CCCC1. The summed E-state index contributed by atoms with van der Waals surface area (Å²) >= 11 is 0. The fourth-order valence-corrected chi connectivity index (χ4v) is 2.84. The third kappa shape index (κ3) is 3.03. The average molecular weight is 239 g/mol. The van der Waals surface area contributed by atoms with E-state index in [0.29, 0.717) is 30.4 Å². The molecule has 1 unspecified atom stereocenters. The molecule has 0 bridgehead atoms. The summed E-state index contributed by atoms with van der Waals surface area (Å²) in [6.07, 6.45) is 5.54. The van der Waals surface area contributed by atoms with Crippen LogP contribution >= 0.6 is 0 Å². The van der Waals surface area contributed by atoms with E-state index in [9.17, 15) is 8.78 Å². The van der Waals surface area contributed by atoms with Crippen molar-refractivity contribution in [1.29, 1.82) is 0 Å². The molecule has 1 aliphatic rings. The molecule has 1 fully saturated rings. The van der Waals surface area contributed by atoms with Gasteiger partial charge in [-0.2, -0.15) is 0 Å². The smallest absolute Gasteiger partial charge is 0.129 e. The lowest BCUT2D eigenvalue weighted by atomic mass is 9.85. The van der Waals surface area contributed by atoms with Crippen molar-refractivity contribution in [2.45, 2.75) is 32.1 Å². The fraction of sp³-hybridized carbons (Fsp3) is 0.571. The molecule has 1 aromatic carbocycles. The Hall–Kier alpha value is -0.960. The molecule has 0 amide bonds. The van der Waals surface area contributed by atoms with Crippen LogP contribution in [0.4, 0.5) is 8.78 Å². The first-order valence-electron chi connectivity index (χ1n) is 6.34. The highest BCUT2D eigenvalue weighted by Crippen LogP contribution is 2.33. The van der Waals surface area contributed by atoms with Gasteiger partial charge in [-0.1, -0.05) is 31.7 Å². The summed E-state index contributed by atoms with van der Waals surface area (Å²) in [7, 11) is 0. The molecular weight excluding hydrogens is 220 g/mol. The molecule has 17 heavy (non-hydrogen) atoms. The number of benzene rings is 1. The topological polar surface area (TPSA) is 26.0 Å². The monoisotopic (exact) mass is 239 g/mol. The van der Waals surface area contributed by atoms with Crippen LogP contribution in [-0.4, -0.2) is 6.54 Å². The molecular formula is C14H19F2N. The van der Waals surface area contributed by atoms with Gasteiger partial charge in [-0.25, -0.2) is 8.78 Å². The molecule has 1 atom stereocenters. The Morgan fingerprint density at radius 3 is 2.53 bits per heavy atom. The van der Waals surface area contributed by atoms with Gasteiger partial charge in [0.1, 0.15) is 11.6 Å². The van der Waals surface area contributed by atoms with E-state index < -0.39 is 11.6 Å². The molecule has 1 saturated carbocycles. The molecule has 0 aromatic heterocycles.